The SMILES string of the molecule is CC(C)(C)C1([N+](=O)[O-])C=C([N+](=O)[O-])C=CC1O. The predicted octanol–water partition coefficient (Wildman–Crippen LogP) is 1.14. The number of rotatable bonds is 2. The first kappa shape index (κ1) is 13.3. The summed E-state index contributed by atoms with van der Waals surface area (Å²) in [5.74, 6) is 0. The minimum atomic E-state index is -1.88. The Morgan fingerprint density at radius 1 is 1.35 bits per heavy atom. The maximum atomic E-state index is 11.2. The van der Waals surface area contributed by atoms with Crippen LogP contribution in [-0.2, 0) is 0 Å². The Bertz CT molecular complexity index is 421. The van der Waals surface area contributed by atoms with Gasteiger partial charge >= 0.3 is 0 Å². The molecule has 17 heavy (non-hydrogen) atoms. The summed E-state index contributed by atoms with van der Waals surface area (Å²) in [5, 5.41) is 31.8. The van der Waals surface area contributed by atoms with E-state index in [1.165, 1.54) is 0 Å². The largest absolute Gasteiger partial charge is 0.381 e. The summed E-state index contributed by atoms with van der Waals surface area (Å²) in [6.07, 6.45) is 1.71. The lowest BCUT2D eigenvalue weighted by atomic mass is 9.68. The lowest BCUT2D eigenvalue weighted by Gasteiger charge is -2.37. The van der Waals surface area contributed by atoms with Crippen molar-refractivity contribution in [3.8, 4) is 0 Å². The first-order valence-corrected chi connectivity index (χ1v) is 5.01. The molecule has 94 valence electrons. The summed E-state index contributed by atoms with van der Waals surface area (Å²) in [5.41, 5.74) is -3.21. The molecule has 0 bridgehead atoms. The highest BCUT2D eigenvalue weighted by Crippen LogP contribution is 2.40. The topological polar surface area (TPSA) is 107 Å². The first-order valence-electron chi connectivity index (χ1n) is 5.01. The number of nitro groups is 2. The number of hydrogen-bond donors (Lipinski definition) is 1. The van der Waals surface area contributed by atoms with Crippen molar-refractivity contribution in [3.05, 3.63) is 44.2 Å². The van der Waals surface area contributed by atoms with Crippen LogP contribution >= 0.6 is 0 Å². The van der Waals surface area contributed by atoms with Crippen molar-refractivity contribution in [2.75, 3.05) is 0 Å². The molecular formula is C10H14N2O5. The maximum absolute atomic E-state index is 11.2. The molecule has 1 rings (SSSR count). The number of nitrogens with zero attached hydrogens (tertiary/aromatic N) is 2. The number of hydrogen-bond acceptors (Lipinski definition) is 5. The van der Waals surface area contributed by atoms with Crippen LogP contribution in [0.4, 0.5) is 0 Å². The van der Waals surface area contributed by atoms with Gasteiger partial charge in [0, 0.05) is 16.4 Å². The Hall–Kier alpha value is -1.76. The number of aliphatic hydroxyl groups excluding tert-OH is 1. The lowest BCUT2D eigenvalue weighted by Crippen LogP contribution is -2.57. The number of allylic oxidation sites excluding steroid dienone is 1. The van der Waals surface area contributed by atoms with Crippen LogP contribution in [0.5, 0.6) is 0 Å². The van der Waals surface area contributed by atoms with E-state index in [-0.39, 0.29) is 5.70 Å². The molecule has 0 fully saturated rings. The van der Waals surface area contributed by atoms with E-state index < -0.39 is 26.9 Å². The third kappa shape index (κ3) is 1.93. The van der Waals surface area contributed by atoms with Crippen LogP contribution in [0.1, 0.15) is 20.8 Å². The second-order valence-electron chi connectivity index (χ2n) is 4.96. The van der Waals surface area contributed by atoms with Crippen LogP contribution in [0.2, 0.25) is 0 Å². The molecular weight excluding hydrogens is 228 g/mol. The average molecular weight is 242 g/mol. The molecule has 0 aromatic rings. The van der Waals surface area contributed by atoms with Crippen LogP contribution in [0.25, 0.3) is 0 Å². The number of aliphatic hydroxyl groups is 1. The van der Waals surface area contributed by atoms with Crippen LogP contribution in [0.15, 0.2) is 23.9 Å². The molecule has 2 unspecified atom stereocenters. The van der Waals surface area contributed by atoms with Gasteiger partial charge in [-0.3, -0.25) is 20.2 Å². The Labute approximate surface area is 97.7 Å². The van der Waals surface area contributed by atoms with Crippen LogP contribution < -0.4 is 0 Å². The van der Waals surface area contributed by atoms with Crippen molar-refractivity contribution in [1.29, 1.82) is 0 Å². The van der Waals surface area contributed by atoms with Gasteiger partial charge < -0.3 is 5.11 Å². The molecule has 7 heteroatoms. The van der Waals surface area contributed by atoms with E-state index >= 15 is 0 Å². The molecule has 1 aliphatic carbocycles. The summed E-state index contributed by atoms with van der Waals surface area (Å²) in [6, 6.07) is 0. The third-order valence-corrected chi connectivity index (χ3v) is 2.98. The monoisotopic (exact) mass is 242 g/mol. The minimum Gasteiger partial charge on any atom is -0.381 e. The van der Waals surface area contributed by atoms with Gasteiger partial charge in [0.15, 0.2) is 0 Å². The Morgan fingerprint density at radius 3 is 2.24 bits per heavy atom. The minimum absolute atomic E-state index is 0.373. The zero-order chi connectivity index (χ0) is 13.4. The van der Waals surface area contributed by atoms with Gasteiger partial charge in [-0.1, -0.05) is 20.8 Å². The van der Waals surface area contributed by atoms with Crippen LogP contribution in [0.3, 0.4) is 0 Å². The zero-order valence-electron chi connectivity index (χ0n) is 9.78. The molecule has 0 amide bonds. The summed E-state index contributed by atoms with van der Waals surface area (Å²) in [6.45, 7) is 4.69. The van der Waals surface area contributed by atoms with E-state index in [0.717, 1.165) is 18.2 Å². The first-order chi connectivity index (χ1) is 7.63. The van der Waals surface area contributed by atoms with E-state index in [1.54, 1.807) is 20.8 Å². The lowest BCUT2D eigenvalue weighted by molar-refractivity contribution is -0.586. The molecule has 0 radical (unpaired) electrons. The molecule has 1 aliphatic rings. The molecule has 0 heterocycles. The van der Waals surface area contributed by atoms with Gasteiger partial charge in [-0.05, 0) is 6.08 Å². The highest BCUT2D eigenvalue weighted by molar-refractivity contribution is 5.29. The Kier molecular flexibility index (Phi) is 3.07. The van der Waals surface area contributed by atoms with E-state index in [2.05, 4.69) is 0 Å². The van der Waals surface area contributed by atoms with Gasteiger partial charge in [-0.2, -0.15) is 0 Å². The molecule has 1 N–H and O–H groups in total. The molecule has 0 aromatic heterocycles. The second-order valence-corrected chi connectivity index (χ2v) is 4.96. The molecule has 2 atom stereocenters. The van der Waals surface area contributed by atoms with Crippen molar-refractivity contribution in [2.24, 2.45) is 5.41 Å². The van der Waals surface area contributed by atoms with Crippen molar-refractivity contribution >= 4 is 0 Å². The van der Waals surface area contributed by atoms with E-state index in [0.29, 0.717) is 0 Å². The molecule has 0 aromatic carbocycles. The zero-order valence-corrected chi connectivity index (χ0v) is 9.78. The van der Waals surface area contributed by atoms with Gasteiger partial charge in [-0.15, -0.1) is 0 Å². The molecule has 0 aliphatic heterocycles. The maximum Gasteiger partial charge on any atom is 0.280 e. The van der Waals surface area contributed by atoms with Gasteiger partial charge in [0.1, 0.15) is 6.10 Å². The second kappa shape index (κ2) is 3.92. The van der Waals surface area contributed by atoms with Gasteiger partial charge in [0.05, 0.1) is 11.0 Å². The average Bonchev–Trinajstić information content (AvgIpc) is 2.15. The highest BCUT2D eigenvalue weighted by atomic mass is 16.6. The van der Waals surface area contributed by atoms with Crippen molar-refractivity contribution in [3.63, 3.8) is 0 Å². The summed E-state index contributed by atoms with van der Waals surface area (Å²) in [4.78, 5) is 20.6. The highest BCUT2D eigenvalue weighted by Gasteiger charge is 2.59. The standard InChI is InChI=1S/C10H14N2O5/c1-9(2,3)10(12(16)17)6-7(11(14)15)4-5-8(10)13/h4-6,8,13H,1-3H3. The van der Waals surface area contributed by atoms with Crippen molar-refractivity contribution < 1.29 is 15.0 Å². The molecule has 0 spiro atoms. The van der Waals surface area contributed by atoms with Crippen LogP contribution in [0, 0.1) is 25.6 Å². The predicted molar refractivity (Wildman–Crippen MR) is 59.4 cm³/mol. The van der Waals surface area contributed by atoms with Crippen molar-refractivity contribution in [2.45, 2.75) is 32.4 Å². The van der Waals surface area contributed by atoms with E-state index in [9.17, 15) is 25.3 Å². The Balaban J connectivity index is 3.45. The quantitative estimate of drug-likeness (QED) is 0.577. The summed E-state index contributed by atoms with van der Waals surface area (Å²) >= 11 is 0. The van der Waals surface area contributed by atoms with Gasteiger partial charge in [0.2, 0.25) is 0 Å². The van der Waals surface area contributed by atoms with E-state index in [4.69, 9.17) is 0 Å². The van der Waals surface area contributed by atoms with Crippen LogP contribution in [-0.4, -0.2) is 26.6 Å². The fourth-order valence-electron chi connectivity index (χ4n) is 1.90. The summed E-state index contributed by atoms with van der Waals surface area (Å²) in [7, 11) is 0. The molecule has 0 saturated carbocycles. The smallest absolute Gasteiger partial charge is 0.280 e. The third-order valence-electron chi connectivity index (χ3n) is 2.98. The molecule has 0 saturated heterocycles. The fourth-order valence-corrected chi connectivity index (χ4v) is 1.90. The fraction of sp³-hybridized carbons (Fsp3) is 0.600. The normalized spacial score (nSPS) is 28.7. The summed E-state index contributed by atoms with van der Waals surface area (Å²) < 4.78 is 0. The van der Waals surface area contributed by atoms with E-state index in [1.807, 2.05) is 0 Å². The van der Waals surface area contributed by atoms with Gasteiger partial charge in [-0.25, -0.2) is 0 Å². The Morgan fingerprint density at radius 2 is 1.88 bits per heavy atom. The molecule has 7 nitrogen and oxygen atoms in total. The van der Waals surface area contributed by atoms with Gasteiger partial charge in [0.25, 0.3) is 11.2 Å². The van der Waals surface area contributed by atoms with Crippen molar-refractivity contribution in [1.82, 2.24) is 0 Å².